The highest BCUT2D eigenvalue weighted by Gasteiger charge is 2.41. The molecule has 0 aliphatic rings. The van der Waals surface area contributed by atoms with Crippen LogP contribution in [-0.4, -0.2) is 24.0 Å². The summed E-state index contributed by atoms with van der Waals surface area (Å²) in [7, 11) is 1.20. The summed E-state index contributed by atoms with van der Waals surface area (Å²) in [5.41, 5.74) is 1.85. The molecule has 0 heterocycles. The van der Waals surface area contributed by atoms with Crippen LogP contribution in [0.1, 0.15) is 54.0 Å². The molecule has 0 aromatic heterocycles. The second kappa shape index (κ2) is 21.5. The van der Waals surface area contributed by atoms with E-state index in [9.17, 15) is 4.79 Å². The number of hydrogen-bond donors (Lipinski definition) is 1. The molecule has 0 N–H and O–H groups in total. The zero-order valence-corrected chi connectivity index (χ0v) is 30.7. The number of thiol groups is 1. The van der Waals surface area contributed by atoms with Crippen molar-refractivity contribution < 1.29 is 4.79 Å². The summed E-state index contributed by atoms with van der Waals surface area (Å²) in [6, 6.07) is 19.3. The Morgan fingerprint density at radius 2 is 1.19 bits per heavy atom. The minimum atomic E-state index is -2.24. The zero-order chi connectivity index (χ0) is 29.2. The normalized spacial score (nSPS) is 11.9. The average molecular weight is 679 g/mol. The summed E-state index contributed by atoms with van der Waals surface area (Å²) in [6.07, 6.45) is -1.40. The maximum atomic E-state index is 13.2. The zero-order valence-electron chi connectivity index (χ0n) is 22.5. The van der Waals surface area contributed by atoms with E-state index < -0.39 is 24.2 Å². The number of nitrogens with zero attached hydrogens (tertiary/aromatic N) is 1. The molecule has 1 amide bonds. The Bertz CT molecular complexity index is 1140. The lowest BCUT2D eigenvalue weighted by Gasteiger charge is -2.34. The van der Waals surface area contributed by atoms with Crippen molar-refractivity contribution in [2.24, 2.45) is 0 Å². The Balaban J connectivity index is -0.000000707. The van der Waals surface area contributed by atoms with E-state index in [1.165, 1.54) is 0 Å². The van der Waals surface area contributed by atoms with Crippen LogP contribution in [0.25, 0.3) is 0 Å². The van der Waals surface area contributed by atoms with Crippen molar-refractivity contribution in [2.75, 3.05) is 18.2 Å². The lowest BCUT2D eigenvalue weighted by molar-refractivity contribution is -0.120. The molecule has 0 radical (unpaired) electrons. The van der Waals surface area contributed by atoms with Gasteiger partial charge in [0.15, 0.2) is 0 Å². The molecule has 0 saturated carbocycles. The second-order valence-electron chi connectivity index (χ2n) is 6.48. The van der Waals surface area contributed by atoms with E-state index in [0.29, 0.717) is 6.42 Å². The largest absolute Gasteiger partial charge is 0.314 e. The van der Waals surface area contributed by atoms with Gasteiger partial charge in [-0.25, -0.2) is 22.4 Å². The van der Waals surface area contributed by atoms with Gasteiger partial charge in [-0.15, -0.1) is 11.7 Å². The molecule has 0 aliphatic carbocycles. The average Bonchev–Trinajstić information content (AvgIpc) is 2.87. The first-order chi connectivity index (χ1) is 16.7. The monoisotopic (exact) mass is 678 g/mol. The van der Waals surface area contributed by atoms with Gasteiger partial charge in [0.05, 0.1) is 0 Å². The maximum Gasteiger partial charge on any atom is 0.244 e. The lowest BCUT2D eigenvalue weighted by atomic mass is 9.98. The third-order valence-corrected chi connectivity index (χ3v) is 21.4. The van der Waals surface area contributed by atoms with Crippen molar-refractivity contribution in [2.45, 2.75) is 59.6 Å². The Hall–Kier alpha value is 0.630. The number of para-hydroxylation sites is 1. The van der Waals surface area contributed by atoms with E-state index in [1.807, 2.05) is 109 Å². The minimum absolute atomic E-state index is 0.0949. The minimum Gasteiger partial charge on any atom is -0.314 e. The van der Waals surface area contributed by atoms with Crippen molar-refractivity contribution in [1.29, 1.82) is 0 Å². The molecule has 2 nitrogen and oxygen atoms in total. The van der Waals surface area contributed by atoms with Gasteiger partial charge in [0, 0.05) is 12.7 Å². The summed E-state index contributed by atoms with van der Waals surface area (Å²) >= 11 is 34.4. The molecular formula is C24H40NOS10-. The number of benzene rings is 2. The number of carbonyl (C=O) groups excluding carboxylic acids is 1. The number of carbonyl (C=O) groups is 1. The van der Waals surface area contributed by atoms with E-state index in [2.05, 4.69) is 34.0 Å². The van der Waals surface area contributed by atoms with Gasteiger partial charge in [0.1, 0.15) is 4.75 Å². The lowest BCUT2D eigenvalue weighted by Crippen LogP contribution is -2.50. The molecule has 0 fully saturated rings. The predicted octanol–water partition coefficient (Wildman–Crippen LogP) is 6.80. The van der Waals surface area contributed by atoms with Gasteiger partial charge < -0.3 is 4.90 Å². The molecule has 12 heteroatoms. The molecule has 1 unspecified atom stereocenters. The van der Waals surface area contributed by atoms with Gasteiger partial charge in [-0.3, -0.25) is 11.8 Å². The van der Waals surface area contributed by atoms with Crippen molar-refractivity contribution in [3.8, 4) is 0 Å². The van der Waals surface area contributed by atoms with Gasteiger partial charge in [-0.1, -0.05) is 112 Å². The van der Waals surface area contributed by atoms with Gasteiger partial charge in [0.25, 0.3) is 0 Å². The van der Waals surface area contributed by atoms with E-state index in [0.717, 1.165) is 11.3 Å². The molecule has 36 heavy (non-hydrogen) atoms. The molecule has 2 rings (SSSR count). The third kappa shape index (κ3) is 15.3. The van der Waals surface area contributed by atoms with Crippen LogP contribution >= 0.6 is 11.7 Å². The van der Waals surface area contributed by atoms with Gasteiger partial charge >= 0.3 is 0 Å². The van der Waals surface area contributed by atoms with E-state index in [1.54, 1.807) is 18.2 Å². The molecule has 1 atom stereocenters. The number of hydrogen-bond acceptors (Lipinski definition) is 8. The van der Waals surface area contributed by atoms with Crippen LogP contribution in [0, 0.1) is 0 Å². The Morgan fingerprint density at radius 3 is 1.50 bits per heavy atom. The first-order valence-corrected chi connectivity index (χ1v) is 23.4. The first-order valence-electron chi connectivity index (χ1n) is 11.3. The molecular weight excluding hydrogens is 639 g/mol. The smallest absolute Gasteiger partial charge is 0.244 e. The third-order valence-electron chi connectivity index (χ3n) is 4.10. The SMILES string of the molecule is CC.CC.CC.CN(C(=O)C(C)(Cc1ccccc1)S(=S)(=S)S)c1ccccc1.CS(=S)(=S)[S-](=S)=S. The summed E-state index contributed by atoms with van der Waals surface area (Å²) in [5.74, 6) is -0.0949. The van der Waals surface area contributed by atoms with Gasteiger partial charge in [-0.05, 0) is 65.9 Å². The molecule has 0 spiro atoms. The molecule has 208 valence electrons. The van der Waals surface area contributed by atoms with Gasteiger partial charge in [0.2, 0.25) is 5.91 Å². The number of amides is 1. The Labute approximate surface area is 256 Å². The topological polar surface area (TPSA) is 20.3 Å². The molecule has 2 aromatic carbocycles. The van der Waals surface area contributed by atoms with Crippen LogP contribution in [0.4, 0.5) is 5.69 Å². The second-order valence-corrected chi connectivity index (χ2v) is 29.7. The van der Waals surface area contributed by atoms with Crippen LogP contribution in [-0.2, 0) is 97.7 Å². The van der Waals surface area contributed by atoms with Crippen LogP contribution in [0.3, 0.4) is 0 Å². The summed E-state index contributed by atoms with van der Waals surface area (Å²) in [6.45, 7) is 13.8. The summed E-state index contributed by atoms with van der Waals surface area (Å²) in [5, 5.41) is 0. The standard InChI is InChI=1S/C17H19NOS4.3C2H6.CH3S6/c1-17(23(20,21)22,13-14-9-5-3-6-10-14)16(19)18(2)15-11-7-4-8-12-15;3*1-2;1-7(4,5)6(2)3/h3-12H,13H2,1-2H3,(H,20,21,22);3*1-2H3;1H3/q;;;;-1. The quantitative estimate of drug-likeness (QED) is 0.203. The van der Waals surface area contributed by atoms with E-state index in [4.69, 9.17) is 44.8 Å². The summed E-state index contributed by atoms with van der Waals surface area (Å²) in [4.78, 5) is 14.8. The molecule has 0 bridgehead atoms. The highest BCUT2D eigenvalue weighted by molar-refractivity contribution is 9.05. The molecule has 0 aliphatic heterocycles. The van der Waals surface area contributed by atoms with Crippen LogP contribution < -0.4 is 4.90 Å². The van der Waals surface area contributed by atoms with Crippen molar-refractivity contribution in [3.05, 3.63) is 66.2 Å². The van der Waals surface area contributed by atoms with Crippen molar-refractivity contribution >= 4 is 110 Å². The fourth-order valence-electron chi connectivity index (χ4n) is 2.39. The number of rotatable bonds is 6. The van der Waals surface area contributed by atoms with E-state index >= 15 is 0 Å². The highest BCUT2D eigenvalue weighted by atomic mass is 33.7. The van der Waals surface area contributed by atoms with Crippen LogP contribution in [0.2, 0.25) is 0 Å². The van der Waals surface area contributed by atoms with Crippen LogP contribution in [0.5, 0.6) is 0 Å². The Kier molecular flexibility index (Phi) is 24.5. The van der Waals surface area contributed by atoms with Crippen molar-refractivity contribution in [3.63, 3.8) is 0 Å². The van der Waals surface area contributed by atoms with Crippen LogP contribution in [0.15, 0.2) is 60.7 Å². The maximum absolute atomic E-state index is 13.2. The van der Waals surface area contributed by atoms with Crippen molar-refractivity contribution in [1.82, 2.24) is 0 Å². The Morgan fingerprint density at radius 1 is 0.861 bits per heavy atom. The number of anilines is 1. The highest BCUT2D eigenvalue weighted by Crippen LogP contribution is 2.30. The fourth-order valence-corrected chi connectivity index (χ4v) is 4.30. The molecule has 0 saturated heterocycles. The fraction of sp³-hybridized carbons (Fsp3) is 0.458. The van der Waals surface area contributed by atoms with Gasteiger partial charge in [-0.2, -0.15) is 6.18 Å². The summed E-state index contributed by atoms with van der Waals surface area (Å²) < 4.78 is -0.910. The molecule has 2 aromatic rings. The van der Waals surface area contributed by atoms with E-state index in [-0.39, 0.29) is 5.91 Å². The first kappa shape index (κ1) is 41.1. The predicted molar refractivity (Wildman–Crippen MR) is 194 cm³/mol.